The Kier molecular flexibility index (Phi) is 3.69. The van der Waals surface area contributed by atoms with Crippen molar-refractivity contribution in [3.8, 4) is 0 Å². The van der Waals surface area contributed by atoms with Crippen LogP contribution in [0.3, 0.4) is 0 Å². The lowest BCUT2D eigenvalue weighted by Crippen LogP contribution is -2.48. The van der Waals surface area contributed by atoms with Crippen LogP contribution in [0.1, 0.15) is 35.0 Å². The Morgan fingerprint density at radius 1 is 1.09 bits per heavy atom. The van der Waals surface area contributed by atoms with Gasteiger partial charge in [0.25, 0.3) is 5.91 Å². The van der Waals surface area contributed by atoms with Crippen molar-refractivity contribution in [2.75, 3.05) is 13.1 Å². The molecular formula is C19H22N2O2. The van der Waals surface area contributed by atoms with Crippen LogP contribution in [-0.2, 0) is 11.8 Å². The highest BCUT2D eigenvalue weighted by atomic mass is 16.5. The number of aromatic nitrogens is 1. The second kappa shape index (κ2) is 5.85. The lowest BCUT2D eigenvalue weighted by molar-refractivity contribution is -0.0865. The summed E-state index contributed by atoms with van der Waals surface area (Å²) in [6.45, 7) is 1.33. The molecule has 1 aromatic carbocycles. The fraction of sp³-hybridized carbons (Fsp3) is 0.421. The number of carbonyl (C=O) groups excluding carboxylic acids is 1. The highest BCUT2D eigenvalue weighted by molar-refractivity contribution is 5.92. The predicted molar refractivity (Wildman–Crippen MR) is 88.1 cm³/mol. The zero-order chi connectivity index (χ0) is 15.8. The molecule has 4 heteroatoms. The average molecular weight is 310 g/mol. The van der Waals surface area contributed by atoms with E-state index < -0.39 is 0 Å². The first-order valence-electron chi connectivity index (χ1n) is 8.33. The zero-order valence-corrected chi connectivity index (χ0v) is 13.4. The quantitative estimate of drug-likeness (QED) is 0.873. The van der Waals surface area contributed by atoms with E-state index in [1.54, 1.807) is 0 Å². The van der Waals surface area contributed by atoms with Crippen molar-refractivity contribution < 1.29 is 9.53 Å². The SMILES string of the molecule is Cn1cccc1C(=O)N1C[C@@H](c2ccccc2)O[C@@H](C2CC2)C1. The van der Waals surface area contributed by atoms with E-state index in [4.69, 9.17) is 4.74 Å². The van der Waals surface area contributed by atoms with Gasteiger partial charge in [-0.2, -0.15) is 0 Å². The maximum Gasteiger partial charge on any atom is 0.270 e. The van der Waals surface area contributed by atoms with Gasteiger partial charge in [-0.15, -0.1) is 0 Å². The standard InChI is InChI=1S/C19H22N2O2/c1-20-11-5-8-16(20)19(22)21-12-17(14-6-3-2-4-7-14)23-18(13-21)15-9-10-15/h2-8,11,15,17-18H,9-10,12-13H2,1H3/t17-,18+/m0/s1. The molecule has 23 heavy (non-hydrogen) atoms. The van der Waals surface area contributed by atoms with Crippen molar-refractivity contribution in [2.45, 2.75) is 25.0 Å². The number of nitrogens with zero attached hydrogens (tertiary/aromatic N) is 2. The lowest BCUT2D eigenvalue weighted by Gasteiger charge is -2.38. The number of rotatable bonds is 3. The predicted octanol–water partition coefficient (Wildman–Crippen LogP) is 3.02. The number of benzene rings is 1. The molecule has 2 aromatic rings. The molecule has 1 aliphatic carbocycles. The summed E-state index contributed by atoms with van der Waals surface area (Å²) >= 11 is 0. The van der Waals surface area contributed by atoms with Crippen LogP contribution in [0.15, 0.2) is 48.7 Å². The third-order valence-electron chi connectivity index (χ3n) is 4.89. The van der Waals surface area contributed by atoms with Crippen LogP contribution < -0.4 is 0 Å². The number of amides is 1. The molecule has 0 unspecified atom stereocenters. The number of carbonyl (C=O) groups is 1. The Balaban J connectivity index is 1.59. The molecule has 1 amide bonds. The Labute approximate surface area is 136 Å². The van der Waals surface area contributed by atoms with Gasteiger partial charge in [0, 0.05) is 19.8 Å². The fourth-order valence-electron chi connectivity index (χ4n) is 3.38. The highest BCUT2D eigenvalue weighted by Gasteiger charge is 2.40. The molecule has 0 bridgehead atoms. The highest BCUT2D eigenvalue weighted by Crippen LogP contribution is 2.39. The normalized spacial score (nSPS) is 24.7. The first kappa shape index (κ1) is 14.5. The van der Waals surface area contributed by atoms with Crippen molar-refractivity contribution in [1.82, 2.24) is 9.47 Å². The van der Waals surface area contributed by atoms with Crippen LogP contribution in [0.2, 0.25) is 0 Å². The first-order chi connectivity index (χ1) is 11.2. The van der Waals surface area contributed by atoms with Gasteiger partial charge >= 0.3 is 0 Å². The molecule has 2 fully saturated rings. The molecule has 4 rings (SSSR count). The Hall–Kier alpha value is -2.07. The minimum atomic E-state index is -0.0280. The van der Waals surface area contributed by atoms with Crippen LogP contribution in [-0.4, -0.2) is 34.6 Å². The van der Waals surface area contributed by atoms with Gasteiger partial charge in [0.05, 0.1) is 12.6 Å². The van der Waals surface area contributed by atoms with E-state index in [0.29, 0.717) is 19.0 Å². The van der Waals surface area contributed by atoms with E-state index in [1.165, 1.54) is 12.8 Å². The van der Waals surface area contributed by atoms with Crippen LogP contribution in [0.25, 0.3) is 0 Å². The number of morpholine rings is 1. The molecule has 2 heterocycles. The summed E-state index contributed by atoms with van der Waals surface area (Å²) in [6.07, 6.45) is 4.50. The van der Waals surface area contributed by atoms with Crippen LogP contribution in [0, 0.1) is 5.92 Å². The van der Waals surface area contributed by atoms with E-state index >= 15 is 0 Å². The fourth-order valence-corrected chi connectivity index (χ4v) is 3.38. The monoisotopic (exact) mass is 310 g/mol. The van der Waals surface area contributed by atoms with Gasteiger partial charge in [-0.05, 0) is 36.5 Å². The van der Waals surface area contributed by atoms with Crippen molar-refractivity contribution in [1.29, 1.82) is 0 Å². The van der Waals surface area contributed by atoms with E-state index in [9.17, 15) is 4.79 Å². The van der Waals surface area contributed by atoms with Gasteiger partial charge in [0.2, 0.25) is 0 Å². The summed E-state index contributed by atoms with van der Waals surface area (Å²) in [5.41, 5.74) is 1.90. The number of hydrogen-bond donors (Lipinski definition) is 0. The first-order valence-corrected chi connectivity index (χ1v) is 8.33. The average Bonchev–Trinajstić information content (AvgIpc) is 3.36. The van der Waals surface area contributed by atoms with E-state index in [0.717, 1.165) is 11.3 Å². The van der Waals surface area contributed by atoms with Crippen LogP contribution in [0.4, 0.5) is 0 Å². The maximum atomic E-state index is 12.9. The van der Waals surface area contributed by atoms with Crippen molar-refractivity contribution in [3.63, 3.8) is 0 Å². The van der Waals surface area contributed by atoms with Gasteiger partial charge in [-0.1, -0.05) is 30.3 Å². The molecule has 1 aromatic heterocycles. The van der Waals surface area contributed by atoms with Crippen molar-refractivity contribution in [3.05, 3.63) is 59.9 Å². The molecule has 4 nitrogen and oxygen atoms in total. The molecule has 0 spiro atoms. The summed E-state index contributed by atoms with van der Waals surface area (Å²) in [5.74, 6) is 0.720. The maximum absolute atomic E-state index is 12.9. The van der Waals surface area contributed by atoms with Crippen LogP contribution >= 0.6 is 0 Å². The molecule has 0 N–H and O–H groups in total. The third-order valence-corrected chi connectivity index (χ3v) is 4.89. The smallest absolute Gasteiger partial charge is 0.270 e. The second-order valence-corrected chi connectivity index (χ2v) is 6.63. The topological polar surface area (TPSA) is 34.5 Å². The lowest BCUT2D eigenvalue weighted by atomic mass is 10.0. The molecule has 1 saturated heterocycles. The number of hydrogen-bond acceptors (Lipinski definition) is 2. The summed E-state index contributed by atoms with van der Waals surface area (Å²) in [6, 6.07) is 14.1. The Bertz CT molecular complexity index is 690. The van der Waals surface area contributed by atoms with E-state index in [2.05, 4.69) is 12.1 Å². The minimum absolute atomic E-state index is 0.0280. The van der Waals surface area contributed by atoms with E-state index in [-0.39, 0.29) is 18.1 Å². The van der Waals surface area contributed by atoms with Crippen molar-refractivity contribution >= 4 is 5.91 Å². The van der Waals surface area contributed by atoms with Gasteiger partial charge in [-0.3, -0.25) is 4.79 Å². The Morgan fingerprint density at radius 2 is 1.87 bits per heavy atom. The zero-order valence-electron chi connectivity index (χ0n) is 13.4. The van der Waals surface area contributed by atoms with Crippen LogP contribution in [0.5, 0.6) is 0 Å². The van der Waals surface area contributed by atoms with Gasteiger partial charge in [0.15, 0.2) is 0 Å². The van der Waals surface area contributed by atoms with Crippen molar-refractivity contribution in [2.24, 2.45) is 13.0 Å². The van der Waals surface area contributed by atoms with E-state index in [1.807, 2.05) is 53.0 Å². The minimum Gasteiger partial charge on any atom is -0.366 e. The number of ether oxygens (including phenoxy) is 1. The summed E-state index contributed by atoms with van der Waals surface area (Å²) in [4.78, 5) is 14.9. The van der Waals surface area contributed by atoms with Gasteiger partial charge in [0.1, 0.15) is 11.8 Å². The largest absolute Gasteiger partial charge is 0.366 e. The summed E-state index contributed by atoms with van der Waals surface area (Å²) in [7, 11) is 1.92. The molecule has 0 radical (unpaired) electrons. The van der Waals surface area contributed by atoms with Gasteiger partial charge in [-0.25, -0.2) is 0 Å². The number of aryl methyl sites for hydroxylation is 1. The molecule has 2 atom stereocenters. The molecule has 1 aliphatic heterocycles. The molecule has 2 aliphatic rings. The molecule has 1 saturated carbocycles. The molecule has 120 valence electrons. The summed E-state index contributed by atoms with van der Waals surface area (Å²) in [5, 5.41) is 0. The summed E-state index contributed by atoms with van der Waals surface area (Å²) < 4.78 is 8.21. The molecular weight excluding hydrogens is 288 g/mol. The van der Waals surface area contributed by atoms with Gasteiger partial charge < -0.3 is 14.2 Å². The third kappa shape index (κ3) is 2.91. The Morgan fingerprint density at radius 3 is 2.52 bits per heavy atom. The second-order valence-electron chi connectivity index (χ2n) is 6.63.